The van der Waals surface area contributed by atoms with Crippen molar-refractivity contribution in [1.29, 1.82) is 0 Å². The fourth-order valence-electron chi connectivity index (χ4n) is 6.83. The molecule has 0 radical (unpaired) electrons. The van der Waals surface area contributed by atoms with Gasteiger partial charge in [0.1, 0.15) is 11.2 Å². The van der Waals surface area contributed by atoms with Crippen LogP contribution in [-0.4, -0.2) is 19.5 Å². The minimum absolute atomic E-state index is 0.611. The number of rotatable bonds is 3. The Balaban J connectivity index is 1.32. The van der Waals surface area contributed by atoms with Gasteiger partial charge in [-0.3, -0.25) is 4.57 Å². The normalized spacial score (nSPS) is 13.8. The zero-order chi connectivity index (χ0) is 27.4. The van der Waals surface area contributed by atoms with Crippen molar-refractivity contribution in [2.24, 2.45) is 0 Å². The van der Waals surface area contributed by atoms with Gasteiger partial charge in [-0.2, -0.15) is 9.97 Å². The quantitative estimate of drug-likeness (QED) is 0.226. The number of furan rings is 1. The average molecular weight is 541 g/mol. The molecule has 0 unspecified atom stereocenters. The molecule has 0 aliphatic heterocycles. The maximum Gasteiger partial charge on any atom is 0.238 e. The fraction of sp³-hybridized carbons (Fsp3) is 0.108. The molecule has 0 atom stereocenters. The molecule has 5 heteroatoms. The van der Waals surface area contributed by atoms with Crippen LogP contribution >= 0.6 is 0 Å². The summed E-state index contributed by atoms with van der Waals surface area (Å²) in [6.45, 7) is 0. The number of aryl methyl sites for hydroxylation is 4. The predicted octanol–water partition coefficient (Wildman–Crippen LogP) is 8.40. The summed E-state index contributed by atoms with van der Waals surface area (Å²) >= 11 is 0. The van der Waals surface area contributed by atoms with E-state index in [1.54, 1.807) is 0 Å². The molecule has 0 N–H and O–H groups in total. The predicted molar refractivity (Wildman–Crippen MR) is 167 cm³/mol. The van der Waals surface area contributed by atoms with E-state index < -0.39 is 0 Å². The molecule has 0 amide bonds. The number of benzene rings is 5. The molecule has 2 aliphatic carbocycles. The Morgan fingerprint density at radius 1 is 0.524 bits per heavy atom. The highest BCUT2D eigenvalue weighted by molar-refractivity contribution is 6.24. The third kappa shape index (κ3) is 3.05. The Labute approximate surface area is 241 Å². The molecule has 0 fully saturated rings. The SMILES string of the molecule is c1ccc(-c2nc(-c3ccccc3)nc(-n3c4cc5c(cc4c4c6oc7cc8c(cc7c6ccc43)CC8)CC5)n2)cc1. The highest BCUT2D eigenvalue weighted by Crippen LogP contribution is 2.43. The zero-order valence-electron chi connectivity index (χ0n) is 22.8. The van der Waals surface area contributed by atoms with Crippen molar-refractivity contribution >= 4 is 43.7 Å². The first-order valence-corrected chi connectivity index (χ1v) is 14.6. The Kier molecular flexibility index (Phi) is 4.34. The van der Waals surface area contributed by atoms with Crippen LogP contribution in [0.15, 0.2) is 101 Å². The first-order valence-electron chi connectivity index (χ1n) is 14.6. The van der Waals surface area contributed by atoms with Gasteiger partial charge in [-0.15, -0.1) is 0 Å². The smallest absolute Gasteiger partial charge is 0.238 e. The van der Waals surface area contributed by atoms with Gasteiger partial charge in [0.25, 0.3) is 0 Å². The summed E-state index contributed by atoms with van der Waals surface area (Å²) in [5, 5.41) is 4.68. The van der Waals surface area contributed by atoms with E-state index in [1.165, 1.54) is 38.4 Å². The Morgan fingerprint density at radius 2 is 1.12 bits per heavy atom. The molecule has 3 aromatic heterocycles. The zero-order valence-corrected chi connectivity index (χ0v) is 22.8. The molecule has 5 nitrogen and oxygen atoms in total. The average Bonchev–Trinajstić information content (AvgIpc) is 3.54. The number of nitrogens with zero attached hydrogens (tertiary/aromatic N) is 4. The minimum atomic E-state index is 0.611. The van der Waals surface area contributed by atoms with Gasteiger partial charge in [-0.1, -0.05) is 60.7 Å². The minimum Gasteiger partial charge on any atom is -0.455 e. The number of hydrogen-bond acceptors (Lipinski definition) is 4. The van der Waals surface area contributed by atoms with Crippen molar-refractivity contribution in [3.05, 3.63) is 119 Å². The van der Waals surface area contributed by atoms with E-state index in [0.29, 0.717) is 17.6 Å². The molecular formula is C37H24N4O. The van der Waals surface area contributed by atoms with Crippen LogP contribution in [0.2, 0.25) is 0 Å². The van der Waals surface area contributed by atoms with Crippen molar-refractivity contribution < 1.29 is 4.42 Å². The number of fused-ring (bicyclic) bond motifs is 9. The van der Waals surface area contributed by atoms with E-state index in [2.05, 4.69) is 65.2 Å². The molecule has 0 spiro atoms. The van der Waals surface area contributed by atoms with Gasteiger partial charge in [-0.05, 0) is 84.3 Å². The van der Waals surface area contributed by atoms with E-state index in [4.69, 9.17) is 19.4 Å². The first kappa shape index (κ1) is 22.4. The van der Waals surface area contributed by atoms with Gasteiger partial charge in [0.2, 0.25) is 5.95 Å². The Bertz CT molecular complexity index is 2340. The summed E-state index contributed by atoms with van der Waals surface area (Å²) < 4.78 is 8.91. The highest BCUT2D eigenvalue weighted by atomic mass is 16.3. The Hall–Kier alpha value is -5.29. The van der Waals surface area contributed by atoms with Crippen LogP contribution < -0.4 is 0 Å². The van der Waals surface area contributed by atoms with Gasteiger partial charge < -0.3 is 4.42 Å². The highest BCUT2D eigenvalue weighted by Gasteiger charge is 2.25. The summed E-state index contributed by atoms with van der Waals surface area (Å²) in [5.41, 5.74) is 11.6. The summed E-state index contributed by atoms with van der Waals surface area (Å²) in [6.07, 6.45) is 4.50. The van der Waals surface area contributed by atoms with E-state index in [-0.39, 0.29) is 0 Å². The van der Waals surface area contributed by atoms with Crippen molar-refractivity contribution in [3.8, 4) is 28.7 Å². The second-order valence-corrected chi connectivity index (χ2v) is 11.5. The van der Waals surface area contributed by atoms with Gasteiger partial charge in [0.05, 0.1) is 16.4 Å². The topological polar surface area (TPSA) is 56.7 Å². The lowest BCUT2D eigenvalue weighted by Crippen LogP contribution is -2.09. The summed E-state index contributed by atoms with van der Waals surface area (Å²) in [6, 6.07) is 34.0. The third-order valence-electron chi connectivity index (χ3n) is 9.22. The lowest BCUT2D eigenvalue weighted by molar-refractivity contribution is 0.670. The van der Waals surface area contributed by atoms with Crippen LogP contribution in [0, 0.1) is 0 Å². The van der Waals surface area contributed by atoms with E-state index in [9.17, 15) is 0 Å². The number of aromatic nitrogens is 4. The molecule has 5 aromatic carbocycles. The maximum absolute atomic E-state index is 6.70. The van der Waals surface area contributed by atoms with Crippen molar-refractivity contribution in [2.75, 3.05) is 0 Å². The molecule has 2 aliphatic rings. The molecular weight excluding hydrogens is 516 g/mol. The van der Waals surface area contributed by atoms with Crippen LogP contribution in [0.3, 0.4) is 0 Å². The molecule has 8 aromatic rings. The molecule has 10 rings (SSSR count). The van der Waals surface area contributed by atoms with Crippen LogP contribution in [0.5, 0.6) is 0 Å². The molecule has 3 heterocycles. The third-order valence-corrected chi connectivity index (χ3v) is 9.22. The van der Waals surface area contributed by atoms with Crippen LogP contribution in [0.25, 0.3) is 72.5 Å². The van der Waals surface area contributed by atoms with Crippen molar-refractivity contribution in [1.82, 2.24) is 19.5 Å². The first-order chi connectivity index (χ1) is 20.8. The van der Waals surface area contributed by atoms with E-state index in [0.717, 1.165) is 64.4 Å². The van der Waals surface area contributed by atoms with Gasteiger partial charge in [-0.25, -0.2) is 4.98 Å². The summed E-state index contributed by atoms with van der Waals surface area (Å²) in [4.78, 5) is 15.1. The fourth-order valence-corrected chi connectivity index (χ4v) is 6.83. The van der Waals surface area contributed by atoms with E-state index >= 15 is 0 Å². The van der Waals surface area contributed by atoms with Crippen LogP contribution in [-0.2, 0) is 25.7 Å². The molecule has 0 bridgehead atoms. The van der Waals surface area contributed by atoms with Crippen LogP contribution in [0.4, 0.5) is 0 Å². The number of hydrogen-bond donors (Lipinski definition) is 0. The lowest BCUT2D eigenvalue weighted by atomic mass is 9.87. The standard InChI is InChI=1S/C37H24N4O/c1-3-7-21(8-4-1)35-38-36(22-9-5-2-6-10-22)40-37(39-35)41-30-16-15-27-28-17-23-12-14-26(23)20-32(28)42-34(27)33(30)29-18-24-11-13-25(24)19-31(29)41/h1-10,15-20H,11-14H2. The summed E-state index contributed by atoms with van der Waals surface area (Å²) in [7, 11) is 0. The van der Waals surface area contributed by atoms with E-state index in [1.807, 2.05) is 36.4 Å². The van der Waals surface area contributed by atoms with Gasteiger partial charge in [0, 0.05) is 27.3 Å². The molecule has 42 heavy (non-hydrogen) atoms. The lowest BCUT2D eigenvalue weighted by Gasteiger charge is -2.19. The molecule has 0 saturated carbocycles. The largest absolute Gasteiger partial charge is 0.455 e. The Morgan fingerprint density at radius 3 is 1.76 bits per heavy atom. The van der Waals surface area contributed by atoms with Crippen molar-refractivity contribution in [3.63, 3.8) is 0 Å². The monoisotopic (exact) mass is 540 g/mol. The maximum atomic E-state index is 6.70. The van der Waals surface area contributed by atoms with Crippen molar-refractivity contribution in [2.45, 2.75) is 25.7 Å². The molecule has 0 saturated heterocycles. The van der Waals surface area contributed by atoms with Gasteiger partial charge >= 0.3 is 0 Å². The van der Waals surface area contributed by atoms with Crippen LogP contribution in [0.1, 0.15) is 22.3 Å². The second-order valence-electron chi connectivity index (χ2n) is 11.5. The van der Waals surface area contributed by atoms with Gasteiger partial charge in [0.15, 0.2) is 11.6 Å². The molecule has 198 valence electrons. The second kappa shape index (κ2) is 8.14. The summed E-state index contributed by atoms with van der Waals surface area (Å²) in [5.74, 6) is 1.92.